The summed E-state index contributed by atoms with van der Waals surface area (Å²) in [6.45, 7) is 0. The number of ether oxygens (including phenoxy) is 1. The summed E-state index contributed by atoms with van der Waals surface area (Å²) in [7, 11) is 3.32. The lowest BCUT2D eigenvalue weighted by molar-refractivity contribution is -0.671. The molecule has 0 aliphatic carbocycles. The largest absolute Gasteiger partial charge is 0.466 e. The van der Waals surface area contributed by atoms with E-state index in [0.29, 0.717) is 0 Å². The zero-order valence-electron chi connectivity index (χ0n) is 9.91. The van der Waals surface area contributed by atoms with Crippen molar-refractivity contribution >= 4 is 5.97 Å². The molecule has 1 heterocycles. The molecule has 17 heavy (non-hydrogen) atoms. The predicted molar refractivity (Wildman–Crippen MR) is 62.2 cm³/mol. The summed E-state index contributed by atoms with van der Waals surface area (Å²) in [5, 5.41) is 0. The Balaban J connectivity index is 2.42. The molecule has 0 amide bonds. The van der Waals surface area contributed by atoms with Crippen LogP contribution < -0.4 is 4.57 Å². The lowest BCUT2D eigenvalue weighted by Crippen LogP contribution is -2.27. The lowest BCUT2D eigenvalue weighted by atomic mass is 10.1. The Bertz CT molecular complexity index is 505. The fraction of sp³-hybridized carbons (Fsp3) is 0.231. The van der Waals surface area contributed by atoms with Crippen molar-refractivity contribution in [3.05, 3.63) is 54.6 Å². The van der Waals surface area contributed by atoms with Crippen LogP contribution in [-0.2, 0) is 16.6 Å². The third-order valence-electron chi connectivity index (χ3n) is 2.63. The van der Waals surface area contributed by atoms with Crippen LogP contribution in [0.15, 0.2) is 49.1 Å². The van der Waals surface area contributed by atoms with E-state index in [9.17, 15) is 4.79 Å². The molecule has 0 bridgehead atoms. The normalized spacial score (nSPS) is 12.1. The van der Waals surface area contributed by atoms with Crippen LogP contribution in [-0.4, -0.2) is 17.6 Å². The van der Waals surface area contributed by atoms with Crippen LogP contribution in [0.5, 0.6) is 0 Å². The summed E-state index contributed by atoms with van der Waals surface area (Å²) < 4.78 is 8.58. The molecule has 0 spiro atoms. The summed E-state index contributed by atoms with van der Waals surface area (Å²) in [4.78, 5) is 11.9. The van der Waals surface area contributed by atoms with Gasteiger partial charge in [-0.15, -0.1) is 0 Å². The van der Waals surface area contributed by atoms with E-state index in [2.05, 4.69) is 0 Å². The minimum absolute atomic E-state index is 0.271. The maximum Gasteiger partial charge on any atom is 0.356 e. The van der Waals surface area contributed by atoms with Gasteiger partial charge in [-0.3, -0.25) is 0 Å². The first-order valence-electron chi connectivity index (χ1n) is 5.38. The molecule has 0 radical (unpaired) electrons. The summed E-state index contributed by atoms with van der Waals surface area (Å²) in [5.41, 5.74) is 0.913. The molecule has 0 saturated carbocycles. The number of benzene rings is 1. The Morgan fingerprint density at radius 1 is 1.35 bits per heavy atom. The summed E-state index contributed by atoms with van der Waals surface area (Å²) in [6.07, 6.45) is 5.60. The lowest BCUT2D eigenvalue weighted by Gasteiger charge is -2.11. The van der Waals surface area contributed by atoms with Crippen molar-refractivity contribution in [1.82, 2.24) is 4.57 Å². The Morgan fingerprint density at radius 3 is 2.59 bits per heavy atom. The van der Waals surface area contributed by atoms with E-state index in [-0.39, 0.29) is 5.97 Å². The second-order valence-electron chi connectivity index (χ2n) is 3.86. The second-order valence-corrected chi connectivity index (χ2v) is 3.86. The number of carbonyl (C=O) groups is 1. The smallest absolute Gasteiger partial charge is 0.356 e. The first-order chi connectivity index (χ1) is 8.22. The third-order valence-corrected chi connectivity index (χ3v) is 2.63. The highest BCUT2D eigenvalue weighted by atomic mass is 16.5. The average Bonchev–Trinajstić information content (AvgIpc) is 2.77. The average molecular weight is 231 g/mol. The highest BCUT2D eigenvalue weighted by molar-refractivity contribution is 5.77. The molecule has 4 nitrogen and oxygen atoms in total. The molecule has 0 fully saturated rings. The SMILES string of the molecule is COC(=O)[C@@H](c1ccccc1)n1cc[n+](C)c1. The molecule has 2 rings (SSSR count). The standard InChI is InChI=1S/C13H15N2O2/c1-14-8-9-15(10-14)12(13(16)17-2)11-6-4-3-5-7-11/h3-10,12H,1-2H3/q+1/t12-/m1/s1. The fourth-order valence-electron chi connectivity index (χ4n) is 1.80. The van der Waals surface area contributed by atoms with Crippen molar-refractivity contribution in [2.45, 2.75) is 6.04 Å². The van der Waals surface area contributed by atoms with Crippen LogP contribution in [0.4, 0.5) is 0 Å². The van der Waals surface area contributed by atoms with Gasteiger partial charge in [0, 0.05) is 5.56 Å². The van der Waals surface area contributed by atoms with Crippen molar-refractivity contribution in [3.63, 3.8) is 0 Å². The van der Waals surface area contributed by atoms with Gasteiger partial charge in [-0.2, -0.15) is 0 Å². The topological polar surface area (TPSA) is 35.1 Å². The van der Waals surface area contributed by atoms with Gasteiger partial charge < -0.3 is 4.74 Å². The second kappa shape index (κ2) is 4.82. The Hall–Kier alpha value is -2.10. The number of esters is 1. The van der Waals surface area contributed by atoms with Gasteiger partial charge in [-0.05, 0) is 0 Å². The number of imidazole rings is 1. The van der Waals surface area contributed by atoms with Crippen molar-refractivity contribution in [2.75, 3.05) is 7.11 Å². The highest BCUT2D eigenvalue weighted by Crippen LogP contribution is 2.18. The van der Waals surface area contributed by atoms with Gasteiger partial charge in [0.05, 0.1) is 14.2 Å². The summed E-state index contributed by atoms with van der Waals surface area (Å²) in [5.74, 6) is -0.271. The maximum atomic E-state index is 11.9. The third kappa shape index (κ3) is 2.36. The van der Waals surface area contributed by atoms with Crippen LogP contribution in [0.25, 0.3) is 0 Å². The molecule has 1 aromatic carbocycles. The van der Waals surface area contributed by atoms with E-state index < -0.39 is 6.04 Å². The number of aryl methyl sites for hydroxylation is 1. The number of hydrogen-bond acceptors (Lipinski definition) is 2. The molecular weight excluding hydrogens is 216 g/mol. The number of rotatable bonds is 3. The summed E-state index contributed by atoms with van der Waals surface area (Å²) >= 11 is 0. The summed E-state index contributed by atoms with van der Waals surface area (Å²) in [6, 6.07) is 9.16. The van der Waals surface area contributed by atoms with Gasteiger partial charge in [-0.25, -0.2) is 13.9 Å². The number of methoxy groups -OCH3 is 1. The van der Waals surface area contributed by atoms with Crippen LogP contribution in [0, 0.1) is 0 Å². The van der Waals surface area contributed by atoms with Crippen molar-refractivity contribution in [2.24, 2.45) is 7.05 Å². The van der Waals surface area contributed by atoms with E-state index in [4.69, 9.17) is 4.74 Å². The number of carbonyl (C=O) groups excluding carboxylic acids is 1. The van der Waals surface area contributed by atoms with Crippen LogP contribution >= 0.6 is 0 Å². The Morgan fingerprint density at radius 2 is 2.06 bits per heavy atom. The zero-order chi connectivity index (χ0) is 12.3. The quantitative estimate of drug-likeness (QED) is 0.585. The highest BCUT2D eigenvalue weighted by Gasteiger charge is 2.27. The Kier molecular flexibility index (Phi) is 3.23. The van der Waals surface area contributed by atoms with E-state index in [0.717, 1.165) is 5.56 Å². The van der Waals surface area contributed by atoms with Crippen LogP contribution in [0.3, 0.4) is 0 Å². The van der Waals surface area contributed by atoms with E-state index in [1.54, 1.807) is 0 Å². The molecule has 0 unspecified atom stereocenters. The van der Waals surface area contributed by atoms with Gasteiger partial charge in [0.1, 0.15) is 12.4 Å². The number of hydrogen-bond donors (Lipinski definition) is 0. The molecule has 4 heteroatoms. The van der Waals surface area contributed by atoms with Crippen LogP contribution in [0.2, 0.25) is 0 Å². The van der Waals surface area contributed by atoms with Crippen LogP contribution in [0.1, 0.15) is 11.6 Å². The molecule has 88 valence electrons. The molecule has 2 aromatic rings. The molecule has 0 aliphatic rings. The molecule has 1 aromatic heterocycles. The molecule has 0 N–H and O–H groups in total. The first-order valence-corrected chi connectivity index (χ1v) is 5.38. The molecule has 0 saturated heterocycles. The molecule has 0 aliphatic heterocycles. The van der Waals surface area contributed by atoms with Gasteiger partial charge >= 0.3 is 5.97 Å². The Labute approximate surface area is 100 Å². The van der Waals surface area contributed by atoms with E-state index in [1.807, 2.05) is 65.2 Å². The van der Waals surface area contributed by atoms with Gasteiger partial charge in [-0.1, -0.05) is 30.3 Å². The predicted octanol–water partition coefficient (Wildman–Crippen LogP) is 1.07. The monoisotopic (exact) mass is 231 g/mol. The fourth-order valence-corrected chi connectivity index (χ4v) is 1.80. The van der Waals surface area contributed by atoms with Crippen molar-refractivity contribution in [1.29, 1.82) is 0 Å². The molecule has 1 atom stereocenters. The van der Waals surface area contributed by atoms with Gasteiger partial charge in [0.2, 0.25) is 12.4 Å². The van der Waals surface area contributed by atoms with Gasteiger partial charge in [0.25, 0.3) is 0 Å². The minimum atomic E-state index is -0.428. The number of nitrogens with zero attached hydrogens (tertiary/aromatic N) is 2. The molecular formula is C13H15N2O2+. The van der Waals surface area contributed by atoms with Gasteiger partial charge in [0.15, 0.2) is 0 Å². The zero-order valence-corrected chi connectivity index (χ0v) is 9.91. The maximum absolute atomic E-state index is 11.9. The van der Waals surface area contributed by atoms with Crippen molar-refractivity contribution < 1.29 is 14.1 Å². The van der Waals surface area contributed by atoms with E-state index in [1.165, 1.54) is 7.11 Å². The number of aromatic nitrogens is 2. The van der Waals surface area contributed by atoms with Crippen molar-refractivity contribution in [3.8, 4) is 0 Å². The minimum Gasteiger partial charge on any atom is -0.466 e. The first kappa shape index (κ1) is 11.4. The van der Waals surface area contributed by atoms with E-state index >= 15 is 0 Å².